The van der Waals surface area contributed by atoms with Gasteiger partial charge in [0.1, 0.15) is 5.75 Å². The number of amides is 1. The zero-order chi connectivity index (χ0) is 24.3. The molecule has 1 amide bonds. The number of fused-ring (bicyclic) bond motifs is 1. The first-order chi connectivity index (χ1) is 16.2. The average molecular weight is 475 g/mol. The summed E-state index contributed by atoms with van der Waals surface area (Å²) >= 11 is 5.12. The van der Waals surface area contributed by atoms with Crippen molar-refractivity contribution < 1.29 is 14.3 Å². The number of carbonyl (C=O) groups is 1. The van der Waals surface area contributed by atoms with Crippen LogP contribution in [0.2, 0.25) is 0 Å². The fourth-order valence-corrected chi connectivity index (χ4v) is 4.29. The SMILES string of the molecule is CC(C)(C)c1ccc(CCC(CNC(=O)c2ccccc2O)c2ccc3[nH]c(=S)oc3c2)cc1. The van der Waals surface area contributed by atoms with E-state index in [4.69, 9.17) is 16.6 Å². The van der Waals surface area contributed by atoms with Crippen LogP contribution in [0.1, 0.15) is 60.2 Å². The second kappa shape index (κ2) is 9.85. The van der Waals surface area contributed by atoms with Crippen molar-refractivity contribution in [1.29, 1.82) is 0 Å². The van der Waals surface area contributed by atoms with Crippen molar-refractivity contribution in [3.05, 3.63) is 93.8 Å². The van der Waals surface area contributed by atoms with Crippen LogP contribution in [-0.2, 0) is 11.8 Å². The zero-order valence-electron chi connectivity index (χ0n) is 19.7. The molecular weight excluding hydrogens is 444 g/mol. The van der Waals surface area contributed by atoms with Crippen LogP contribution in [0.25, 0.3) is 11.1 Å². The predicted molar refractivity (Wildman–Crippen MR) is 138 cm³/mol. The molecule has 1 aromatic heterocycles. The van der Waals surface area contributed by atoms with E-state index in [2.05, 4.69) is 55.3 Å². The van der Waals surface area contributed by atoms with Gasteiger partial charge in [-0.25, -0.2) is 0 Å². The van der Waals surface area contributed by atoms with Gasteiger partial charge in [0.2, 0.25) is 0 Å². The standard InChI is InChI=1S/C28H30N2O3S/c1-28(2,3)21-13-9-18(10-14-21)8-11-20(17-29-26(32)22-6-4-5-7-24(22)31)19-12-15-23-25(16-19)33-27(34)30-23/h4-7,9-10,12-16,20,31H,8,11,17H2,1-3H3,(H,29,32)(H,30,34). The Morgan fingerprint density at radius 1 is 1.09 bits per heavy atom. The fourth-order valence-electron chi connectivity index (χ4n) is 4.09. The molecule has 176 valence electrons. The van der Waals surface area contributed by atoms with Gasteiger partial charge in [-0.3, -0.25) is 4.79 Å². The molecule has 0 spiro atoms. The number of para-hydroxylation sites is 1. The molecule has 1 unspecified atom stereocenters. The van der Waals surface area contributed by atoms with Gasteiger partial charge in [0.15, 0.2) is 5.58 Å². The van der Waals surface area contributed by atoms with Crippen LogP contribution >= 0.6 is 12.2 Å². The molecule has 0 radical (unpaired) electrons. The van der Waals surface area contributed by atoms with Crippen molar-refractivity contribution in [2.24, 2.45) is 0 Å². The summed E-state index contributed by atoms with van der Waals surface area (Å²) in [5, 5.41) is 13.0. The minimum atomic E-state index is -0.294. The molecule has 5 nitrogen and oxygen atoms in total. The number of hydrogen-bond donors (Lipinski definition) is 3. The van der Waals surface area contributed by atoms with Gasteiger partial charge in [-0.2, -0.15) is 0 Å². The van der Waals surface area contributed by atoms with Gasteiger partial charge in [-0.15, -0.1) is 0 Å². The Morgan fingerprint density at radius 2 is 1.82 bits per heavy atom. The summed E-state index contributed by atoms with van der Waals surface area (Å²) in [6.45, 7) is 7.06. The summed E-state index contributed by atoms with van der Waals surface area (Å²) in [7, 11) is 0. The van der Waals surface area contributed by atoms with Gasteiger partial charge in [-0.1, -0.05) is 63.2 Å². The van der Waals surface area contributed by atoms with E-state index in [1.807, 2.05) is 18.2 Å². The molecule has 6 heteroatoms. The minimum absolute atomic E-state index is 0.0268. The average Bonchev–Trinajstić information content (AvgIpc) is 3.18. The molecule has 0 saturated carbocycles. The van der Waals surface area contributed by atoms with Gasteiger partial charge < -0.3 is 19.8 Å². The summed E-state index contributed by atoms with van der Waals surface area (Å²) in [6.07, 6.45) is 1.71. The number of benzene rings is 3. The number of oxazole rings is 1. The molecular formula is C28H30N2O3S. The normalized spacial score (nSPS) is 12.6. The van der Waals surface area contributed by atoms with E-state index in [1.165, 1.54) is 17.2 Å². The van der Waals surface area contributed by atoms with Crippen LogP contribution in [0.3, 0.4) is 0 Å². The summed E-state index contributed by atoms with van der Waals surface area (Å²) in [6, 6.07) is 21.3. The fraction of sp³-hybridized carbons (Fsp3) is 0.286. The highest BCUT2D eigenvalue weighted by atomic mass is 32.1. The molecule has 4 rings (SSSR count). The van der Waals surface area contributed by atoms with Crippen molar-refractivity contribution in [3.63, 3.8) is 0 Å². The zero-order valence-corrected chi connectivity index (χ0v) is 20.5. The number of nitrogens with one attached hydrogen (secondary N) is 2. The largest absolute Gasteiger partial charge is 0.507 e. The Hall–Kier alpha value is -3.38. The van der Waals surface area contributed by atoms with Crippen LogP contribution in [0.4, 0.5) is 0 Å². The second-order valence-corrected chi connectivity index (χ2v) is 10.1. The summed E-state index contributed by atoms with van der Waals surface area (Å²) in [4.78, 5) is 16.1. The smallest absolute Gasteiger partial charge is 0.266 e. The summed E-state index contributed by atoms with van der Waals surface area (Å²) in [5.41, 5.74) is 5.57. The van der Waals surface area contributed by atoms with E-state index in [0.29, 0.717) is 17.0 Å². The number of aromatic amines is 1. The maximum absolute atomic E-state index is 12.7. The number of carbonyl (C=O) groups excluding carboxylic acids is 1. The Labute approximate surface area is 204 Å². The third-order valence-electron chi connectivity index (χ3n) is 6.18. The Kier molecular flexibility index (Phi) is 6.89. The van der Waals surface area contributed by atoms with Gasteiger partial charge >= 0.3 is 0 Å². The monoisotopic (exact) mass is 474 g/mol. The molecule has 3 N–H and O–H groups in total. The second-order valence-electron chi connectivity index (χ2n) is 9.68. The van der Waals surface area contributed by atoms with Crippen LogP contribution < -0.4 is 5.32 Å². The van der Waals surface area contributed by atoms with Crippen LogP contribution in [0, 0.1) is 4.84 Å². The molecule has 3 aromatic carbocycles. The number of aryl methyl sites for hydroxylation is 1. The van der Waals surface area contributed by atoms with Crippen molar-refractivity contribution in [1.82, 2.24) is 10.3 Å². The maximum atomic E-state index is 12.7. The Balaban J connectivity index is 1.53. The lowest BCUT2D eigenvalue weighted by Crippen LogP contribution is -2.28. The number of aromatic hydroxyl groups is 1. The Morgan fingerprint density at radius 3 is 2.53 bits per heavy atom. The number of H-pyrrole nitrogens is 1. The van der Waals surface area contributed by atoms with E-state index in [-0.39, 0.29) is 28.6 Å². The van der Waals surface area contributed by atoms with Crippen molar-refractivity contribution in [2.45, 2.75) is 44.9 Å². The molecule has 0 aliphatic carbocycles. The third kappa shape index (κ3) is 5.57. The lowest BCUT2D eigenvalue weighted by atomic mass is 9.86. The highest BCUT2D eigenvalue weighted by molar-refractivity contribution is 7.71. The number of phenols is 1. The highest BCUT2D eigenvalue weighted by Crippen LogP contribution is 2.27. The van der Waals surface area contributed by atoms with Gasteiger partial charge in [0.05, 0.1) is 11.1 Å². The first-order valence-corrected chi connectivity index (χ1v) is 11.9. The molecule has 0 bridgehead atoms. The number of rotatable bonds is 7. The molecule has 0 fully saturated rings. The van der Waals surface area contributed by atoms with Gasteiger partial charge in [-0.05, 0) is 71.4 Å². The molecule has 34 heavy (non-hydrogen) atoms. The van der Waals surface area contributed by atoms with Gasteiger partial charge in [0.25, 0.3) is 10.7 Å². The van der Waals surface area contributed by atoms with Crippen molar-refractivity contribution in [3.8, 4) is 5.75 Å². The number of aromatic nitrogens is 1. The topological polar surface area (TPSA) is 78.3 Å². The van der Waals surface area contributed by atoms with E-state index >= 15 is 0 Å². The first kappa shape index (κ1) is 23.8. The number of hydrogen-bond acceptors (Lipinski definition) is 4. The maximum Gasteiger partial charge on any atom is 0.266 e. The van der Waals surface area contributed by atoms with E-state index in [1.54, 1.807) is 18.2 Å². The lowest BCUT2D eigenvalue weighted by molar-refractivity contribution is 0.0948. The molecule has 0 saturated heterocycles. The molecule has 1 atom stereocenters. The van der Waals surface area contributed by atoms with Gasteiger partial charge in [0, 0.05) is 12.5 Å². The Bertz CT molecular complexity index is 1350. The highest BCUT2D eigenvalue weighted by Gasteiger charge is 2.18. The van der Waals surface area contributed by atoms with Crippen LogP contribution in [0.5, 0.6) is 5.75 Å². The van der Waals surface area contributed by atoms with Crippen molar-refractivity contribution in [2.75, 3.05) is 6.54 Å². The first-order valence-electron chi connectivity index (χ1n) is 11.5. The van der Waals surface area contributed by atoms with Crippen molar-refractivity contribution >= 4 is 29.2 Å². The molecule has 0 aliphatic heterocycles. The molecule has 1 heterocycles. The molecule has 4 aromatic rings. The predicted octanol–water partition coefficient (Wildman–Crippen LogP) is 6.64. The summed E-state index contributed by atoms with van der Waals surface area (Å²) < 4.78 is 5.62. The third-order valence-corrected chi connectivity index (χ3v) is 6.36. The molecule has 0 aliphatic rings. The number of phenolic OH excluding ortho intramolecular Hbond substituents is 1. The van der Waals surface area contributed by atoms with Crippen LogP contribution in [0.15, 0.2) is 71.1 Å². The van der Waals surface area contributed by atoms with E-state index in [9.17, 15) is 9.90 Å². The quantitative estimate of drug-likeness (QED) is 0.262. The minimum Gasteiger partial charge on any atom is -0.507 e. The lowest BCUT2D eigenvalue weighted by Gasteiger charge is -2.20. The van der Waals surface area contributed by atoms with Crippen LogP contribution in [-0.4, -0.2) is 22.5 Å². The van der Waals surface area contributed by atoms with E-state index < -0.39 is 0 Å². The summed E-state index contributed by atoms with van der Waals surface area (Å²) in [5.74, 6) is -0.265. The van der Waals surface area contributed by atoms with E-state index in [0.717, 1.165) is 23.9 Å².